The van der Waals surface area contributed by atoms with Crippen LogP contribution in [0.3, 0.4) is 0 Å². The summed E-state index contributed by atoms with van der Waals surface area (Å²) < 4.78 is 0. The van der Waals surface area contributed by atoms with E-state index in [1.54, 1.807) is 20.8 Å². The number of carbonyl (C=O) groups is 1. The lowest BCUT2D eigenvalue weighted by Gasteiger charge is -2.24. The molecule has 0 radical (unpaired) electrons. The number of nitrogens with one attached hydrogen (secondary N) is 1. The second-order valence-electron chi connectivity index (χ2n) is 4.59. The summed E-state index contributed by atoms with van der Waals surface area (Å²) >= 11 is 0. The molecule has 0 aromatic heterocycles. The monoisotopic (exact) mass is 189 g/mol. The van der Waals surface area contributed by atoms with Gasteiger partial charge >= 0.3 is 0 Å². The van der Waals surface area contributed by atoms with Gasteiger partial charge in [-0.2, -0.15) is 0 Å². The molecule has 1 amide bonds. The van der Waals surface area contributed by atoms with Crippen LogP contribution in [0.2, 0.25) is 0 Å². The van der Waals surface area contributed by atoms with Gasteiger partial charge in [-0.15, -0.1) is 0 Å². The van der Waals surface area contributed by atoms with Crippen molar-refractivity contribution in [3.8, 4) is 0 Å². The fraction of sp³-hybridized carbons (Fsp3) is 0.889. The first kappa shape index (κ1) is 12.4. The van der Waals surface area contributed by atoms with Gasteiger partial charge in [0.1, 0.15) is 5.60 Å². The molecule has 0 fully saturated rings. The minimum Gasteiger partial charge on any atom is -0.393 e. The minimum absolute atomic E-state index is 0.0691. The van der Waals surface area contributed by atoms with Crippen LogP contribution >= 0.6 is 0 Å². The fourth-order valence-corrected chi connectivity index (χ4v) is 0.592. The highest BCUT2D eigenvalue weighted by Crippen LogP contribution is 2.12. The molecule has 0 bridgehead atoms. The van der Waals surface area contributed by atoms with Crippen LogP contribution in [0, 0.1) is 5.41 Å². The zero-order chi connectivity index (χ0) is 10.7. The molecule has 0 heterocycles. The predicted octanol–water partition coefficient (Wildman–Crippen LogP) is -0.108. The molecule has 1 unspecified atom stereocenters. The Hall–Kier alpha value is -0.610. The van der Waals surface area contributed by atoms with Gasteiger partial charge in [0.25, 0.3) is 0 Å². The van der Waals surface area contributed by atoms with E-state index >= 15 is 0 Å². The summed E-state index contributed by atoms with van der Waals surface area (Å²) in [5, 5.41) is 20.6. The molecule has 0 saturated carbocycles. The van der Waals surface area contributed by atoms with Crippen molar-refractivity contribution in [2.75, 3.05) is 13.2 Å². The summed E-state index contributed by atoms with van der Waals surface area (Å²) in [5.74, 6) is -0.138. The summed E-state index contributed by atoms with van der Waals surface area (Å²) in [5.41, 5.74) is -1.70. The molecule has 78 valence electrons. The number of hydrogen-bond acceptors (Lipinski definition) is 3. The van der Waals surface area contributed by atoms with E-state index in [-0.39, 0.29) is 19.1 Å². The van der Waals surface area contributed by atoms with Crippen molar-refractivity contribution < 1.29 is 15.0 Å². The number of rotatable bonds is 3. The second kappa shape index (κ2) is 4.07. The van der Waals surface area contributed by atoms with Crippen molar-refractivity contribution in [3.05, 3.63) is 0 Å². The van der Waals surface area contributed by atoms with Gasteiger partial charge in [0.15, 0.2) is 0 Å². The average Bonchev–Trinajstić information content (AvgIpc) is 1.98. The Bertz CT molecular complexity index is 182. The summed E-state index contributed by atoms with van der Waals surface area (Å²) in [7, 11) is 0. The van der Waals surface area contributed by atoms with Gasteiger partial charge in [0.2, 0.25) is 5.91 Å². The smallest absolute Gasteiger partial charge is 0.225 e. The van der Waals surface area contributed by atoms with Gasteiger partial charge in [-0.05, 0) is 6.92 Å². The van der Waals surface area contributed by atoms with Crippen LogP contribution in [0.1, 0.15) is 27.7 Å². The summed E-state index contributed by atoms with van der Waals surface area (Å²) in [6.45, 7) is 6.54. The molecule has 0 aliphatic carbocycles. The molecule has 0 aromatic rings. The van der Waals surface area contributed by atoms with Crippen LogP contribution in [-0.2, 0) is 4.79 Å². The van der Waals surface area contributed by atoms with E-state index in [0.717, 1.165) is 0 Å². The Kier molecular flexibility index (Phi) is 3.88. The summed E-state index contributed by atoms with van der Waals surface area (Å²) in [4.78, 5) is 11.3. The Labute approximate surface area is 79.0 Å². The molecule has 0 spiro atoms. The molecule has 3 N–H and O–H groups in total. The SMILES string of the molecule is CC(O)(CO)CNC(=O)C(C)(C)C. The van der Waals surface area contributed by atoms with Crippen LogP contribution in [0.5, 0.6) is 0 Å². The standard InChI is InChI=1S/C9H19NO3/c1-8(2,3)7(12)10-5-9(4,13)6-11/h11,13H,5-6H2,1-4H3,(H,10,12). The highest BCUT2D eigenvalue weighted by Gasteiger charge is 2.25. The van der Waals surface area contributed by atoms with Crippen molar-refractivity contribution in [1.82, 2.24) is 5.32 Å². The lowest BCUT2D eigenvalue weighted by molar-refractivity contribution is -0.130. The lowest BCUT2D eigenvalue weighted by Crippen LogP contribution is -2.46. The van der Waals surface area contributed by atoms with E-state index in [1.807, 2.05) is 0 Å². The molecule has 4 heteroatoms. The van der Waals surface area contributed by atoms with E-state index in [9.17, 15) is 9.90 Å². The van der Waals surface area contributed by atoms with E-state index in [1.165, 1.54) is 6.92 Å². The Balaban J connectivity index is 3.98. The molecular weight excluding hydrogens is 170 g/mol. The van der Waals surface area contributed by atoms with Gasteiger partial charge in [-0.25, -0.2) is 0 Å². The summed E-state index contributed by atoms with van der Waals surface area (Å²) in [6, 6.07) is 0. The Morgan fingerprint density at radius 1 is 1.31 bits per heavy atom. The second-order valence-corrected chi connectivity index (χ2v) is 4.59. The van der Waals surface area contributed by atoms with Gasteiger partial charge in [0.05, 0.1) is 6.61 Å². The highest BCUT2D eigenvalue weighted by molar-refractivity contribution is 5.81. The zero-order valence-electron chi connectivity index (χ0n) is 8.72. The molecule has 0 rings (SSSR count). The van der Waals surface area contributed by atoms with Gasteiger partial charge in [-0.1, -0.05) is 20.8 Å². The molecule has 0 saturated heterocycles. The number of aliphatic hydroxyl groups excluding tert-OH is 1. The molecule has 4 nitrogen and oxygen atoms in total. The maximum Gasteiger partial charge on any atom is 0.225 e. The van der Waals surface area contributed by atoms with E-state index in [0.29, 0.717) is 0 Å². The quantitative estimate of drug-likeness (QED) is 0.580. The highest BCUT2D eigenvalue weighted by atomic mass is 16.3. The third-order valence-electron chi connectivity index (χ3n) is 1.65. The number of aliphatic hydroxyl groups is 2. The molecule has 13 heavy (non-hydrogen) atoms. The van der Waals surface area contributed by atoms with Gasteiger partial charge < -0.3 is 15.5 Å². The van der Waals surface area contributed by atoms with E-state index < -0.39 is 11.0 Å². The summed E-state index contributed by atoms with van der Waals surface area (Å²) in [6.07, 6.45) is 0. The normalized spacial score (nSPS) is 16.5. The van der Waals surface area contributed by atoms with Crippen molar-refractivity contribution in [2.24, 2.45) is 5.41 Å². The number of carbonyl (C=O) groups excluding carboxylic acids is 1. The van der Waals surface area contributed by atoms with E-state index in [2.05, 4.69) is 5.32 Å². The van der Waals surface area contributed by atoms with Crippen LogP contribution in [0.4, 0.5) is 0 Å². The Morgan fingerprint density at radius 3 is 2.08 bits per heavy atom. The van der Waals surface area contributed by atoms with Crippen molar-refractivity contribution in [2.45, 2.75) is 33.3 Å². The first-order chi connectivity index (χ1) is 5.69. The topological polar surface area (TPSA) is 69.6 Å². The molecule has 0 aliphatic rings. The largest absolute Gasteiger partial charge is 0.393 e. The maximum atomic E-state index is 11.3. The Morgan fingerprint density at radius 2 is 1.77 bits per heavy atom. The lowest BCUT2D eigenvalue weighted by atomic mass is 9.95. The van der Waals surface area contributed by atoms with Crippen LogP contribution < -0.4 is 5.32 Å². The molecule has 0 aromatic carbocycles. The average molecular weight is 189 g/mol. The number of hydrogen-bond donors (Lipinski definition) is 3. The van der Waals surface area contributed by atoms with Gasteiger partial charge in [0, 0.05) is 12.0 Å². The first-order valence-corrected chi connectivity index (χ1v) is 4.30. The first-order valence-electron chi connectivity index (χ1n) is 4.30. The van der Waals surface area contributed by atoms with Gasteiger partial charge in [-0.3, -0.25) is 4.79 Å². The number of amides is 1. The van der Waals surface area contributed by atoms with Crippen LogP contribution in [-0.4, -0.2) is 34.9 Å². The van der Waals surface area contributed by atoms with Crippen molar-refractivity contribution >= 4 is 5.91 Å². The van der Waals surface area contributed by atoms with Crippen molar-refractivity contribution in [1.29, 1.82) is 0 Å². The molecule has 0 aliphatic heterocycles. The predicted molar refractivity (Wildman–Crippen MR) is 50.2 cm³/mol. The zero-order valence-corrected chi connectivity index (χ0v) is 8.72. The maximum absolute atomic E-state index is 11.3. The van der Waals surface area contributed by atoms with Crippen molar-refractivity contribution in [3.63, 3.8) is 0 Å². The fourth-order valence-electron chi connectivity index (χ4n) is 0.592. The van der Waals surface area contributed by atoms with Crippen LogP contribution in [0.25, 0.3) is 0 Å². The molecular formula is C9H19NO3. The third kappa shape index (κ3) is 4.85. The molecule has 1 atom stereocenters. The third-order valence-corrected chi connectivity index (χ3v) is 1.65. The minimum atomic E-state index is -1.24. The van der Waals surface area contributed by atoms with Crippen LogP contribution in [0.15, 0.2) is 0 Å². The van der Waals surface area contributed by atoms with E-state index in [4.69, 9.17) is 5.11 Å².